The SMILES string of the molecule is COCCCSCCCCC(=O)NN. The minimum Gasteiger partial charge on any atom is -0.385 e. The topological polar surface area (TPSA) is 64.3 Å². The molecule has 0 atom stereocenters. The lowest BCUT2D eigenvalue weighted by Crippen LogP contribution is -2.29. The van der Waals surface area contributed by atoms with Crippen molar-refractivity contribution >= 4 is 17.7 Å². The standard InChI is InChI=1S/C9H20N2O2S/c1-13-6-4-8-14-7-3-2-5-9(12)11-10/h2-8,10H2,1H3,(H,11,12). The number of hydrogen-bond acceptors (Lipinski definition) is 4. The summed E-state index contributed by atoms with van der Waals surface area (Å²) in [7, 11) is 1.72. The maximum absolute atomic E-state index is 10.7. The number of rotatable bonds is 9. The fourth-order valence-corrected chi connectivity index (χ4v) is 1.90. The summed E-state index contributed by atoms with van der Waals surface area (Å²) in [5.74, 6) is 7.12. The smallest absolute Gasteiger partial charge is 0.233 e. The average molecular weight is 220 g/mol. The largest absolute Gasteiger partial charge is 0.385 e. The second-order valence-electron chi connectivity index (χ2n) is 2.98. The molecule has 0 aliphatic heterocycles. The molecule has 0 aromatic heterocycles. The van der Waals surface area contributed by atoms with Crippen LogP contribution < -0.4 is 11.3 Å². The van der Waals surface area contributed by atoms with Crippen LogP contribution in [0, 0.1) is 0 Å². The molecule has 0 aromatic carbocycles. The molecule has 1 amide bonds. The van der Waals surface area contributed by atoms with E-state index in [1.807, 2.05) is 11.8 Å². The average Bonchev–Trinajstić information content (AvgIpc) is 2.21. The Bertz CT molecular complexity index is 145. The zero-order chi connectivity index (χ0) is 10.6. The van der Waals surface area contributed by atoms with Crippen molar-refractivity contribution in [3.63, 3.8) is 0 Å². The van der Waals surface area contributed by atoms with Crippen LogP contribution >= 0.6 is 11.8 Å². The van der Waals surface area contributed by atoms with Crippen molar-refractivity contribution in [3.8, 4) is 0 Å². The van der Waals surface area contributed by atoms with Crippen LogP contribution in [0.2, 0.25) is 0 Å². The van der Waals surface area contributed by atoms with Crippen LogP contribution in [0.25, 0.3) is 0 Å². The Kier molecular flexibility index (Phi) is 10.6. The predicted octanol–water partition coefficient (Wildman–Crippen LogP) is 0.916. The van der Waals surface area contributed by atoms with Crippen molar-refractivity contribution in [1.29, 1.82) is 0 Å². The number of carbonyl (C=O) groups is 1. The van der Waals surface area contributed by atoms with Crippen LogP contribution in [0.4, 0.5) is 0 Å². The molecule has 5 heteroatoms. The van der Waals surface area contributed by atoms with Crippen LogP contribution in [0.15, 0.2) is 0 Å². The molecule has 3 N–H and O–H groups in total. The van der Waals surface area contributed by atoms with Gasteiger partial charge in [-0.1, -0.05) is 0 Å². The van der Waals surface area contributed by atoms with Gasteiger partial charge in [0.25, 0.3) is 0 Å². The van der Waals surface area contributed by atoms with E-state index in [0.717, 1.165) is 37.4 Å². The maximum atomic E-state index is 10.7. The lowest BCUT2D eigenvalue weighted by Gasteiger charge is -2.01. The van der Waals surface area contributed by atoms with Crippen LogP contribution in [-0.2, 0) is 9.53 Å². The predicted molar refractivity (Wildman–Crippen MR) is 60.0 cm³/mol. The molecule has 14 heavy (non-hydrogen) atoms. The summed E-state index contributed by atoms with van der Waals surface area (Å²) in [6.45, 7) is 0.836. The summed E-state index contributed by atoms with van der Waals surface area (Å²) in [5.41, 5.74) is 2.12. The Hall–Kier alpha value is -0.260. The summed E-state index contributed by atoms with van der Waals surface area (Å²) < 4.78 is 4.94. The van der Waals surface area contributed by atoms with E-state index in [1.54, 1.807) is 7.11 Å². The lowest BCUT2D eigenvalue weighted by atomic mass is 10.2. The van der Waals surface area contributed by atoms with E-state index in [1.165, 1.54) is 0 Å². The van der Waals surface area contributed by atoms with E-state index in [-0.39, 0.29) is 5.91 Å². The normalized spacial score (nSPS) is 10.1. The quantitative estimate of drug-likeness (QED) is 0.262. The molecule has 0 saturated carbocycles. The van der Waals surface area contributed by atoms with Gasteiger partial charge in [0.05, 0.1) is 0 Å². The molecule has 4 nitrogen and oxygen atoms in total. The van der Waals surface area contributed by atoms with E-state index in [4.69, 9.17) is 10.6 Å². The van der Waals surface area contributed by atoms with Crippen LogP contribution in [0.3, 0.4) is 0 Å². The monoisotopic (exact) mass is 220 g/mol. The first-order valence-corrected chi connectivity index (χ1v) is 6.03. The number of carbonyl (C=O) groups excluding carboxylic acids is 1. The van der Waals surface area contributed by atoms with Crippen molar-refractivity contribution in [1.82, 2.24) is 5.43 Å². The van der Waals surface area contributed by atoms with E-state index < -0.39 is 0 Å². The van der Waals surface area contributed by atoms with Gasteiger partial charge < -0.3 is 4.74 Å². The van der Waals surface area contributed by atoms with Gasteiger partial charge in [-0.3, -0.25) is 10.2 Å². The van der Waals surface area contributed by atoms with Gasteiger partial charge in [-0.25, -0.2) is 5.84 Å². The Morgan fingerprint density at radius 1 is 1.36 bits per heavy atom. The van der Waals surface area contributed by atoms with E-state index >= 15 is 0 Å². The highest BCUT2D eigenvalue weighted by Gasteiger charge is 1.97. The third-order valence-electron chi connectivity index (χ3n) is 1.74. The summed E-state index contributed by atoms with van der Waals surface area (Å²) in [5, 5.41) is 0. The maximum Gasteiger partial charge on any atom is 0.233 e. The summed E-state index contributed by atoms with van der Waals surface area (Å²) in [6.07, 6.45) is 3.63. The van der Waals surface area contributed by atoms with Gasteiger partial charge in [0.15, 0.2) is 0 Å². The molecular formula is C9H20N2O2S. The van der Waals surface area contributed by atoms with Gasteiger partial charge >= 0.3 is 0 Å². The molecular weight excluding hydrogens is 200 g/mol. The Morgan fingerprint density at radius 2 is 2.07 bits per heavy atom. The van der Waals surface area contributed by atoms with Crippen molar-refractivity contribution in [2.24, 2.45) is 5.84 Å². The van der Waals surface area contributed by atoms with Gasteiger partial charge in [0.2, 0.25) is 5.91 Å². The molecule has 0 bridgehead atoms. The highest BCUT2D eigenvalue weighted by Crippen LogP contribution is 2.07. The van der Waals surface area contributed by atoms with Crippen molar-refractivity contribution in [2.45, 2.75) is 25.7 Å². The first kappa shape index (κ1) is 13.7. The number of ether oxygens (including phenoxy) is 1. The first-order chi connectivity index (χ1) is 6.81. The molecule has 0 rings (SSSR count). The molecule has 0 saturated heterocycles. The zero-order valence-electron chi connectivity index (χ0n) is 8.75. The van der Waals surface area contributed by atoms with Crippen molar-refractivity contribution in [2.75, 3.05) is 25.2 Å². The van der Waals surface area contributed by atoms with E-state index in [2.05, 4.69) is 5.43 Å². The highest BCUT2D eigenvalue weighted by atomic mass is 32.2. The van der Waals surface area contributed by atoms with E-state index in [9.17, 15) is 4.79 Å². The number of amides is 1. The molecule has 0 aromatic rings. The number of hydrogen-bond donors (Lipinski definition) is 2. The molecule has 0 aliphatic rings. The lowest BCUT2D eigenvalue weighted by molar-refractivity contribution is -0.121. The van der Waals surface area contributed by atoms with Crippen LogP contribution in [0.5, 0.6) is 0 Å². The van der Waals surface area contributed by atoms with Gasteiger partial charge in [-0.15, -0.1) is 0 Å². The van der Waals surface area contributed by atoms with Gasteiger partial charge in [-0.2, -0.15) is 11.8 Å². The third kappa shape index (κ3) is 9.83. The van der Waals surface area contributed by atoms with Gasteiger partial charge in [0.1, 0.15) is 0 Å². The Labute approximate surface area is 89.9 Å². The van der Waals surface area contributed by atoms with Gasteiger partial charge in [-0.05, 0) is 30.8 Å². The van der Waals surface area contributed by atoms with Crippen molar-refractivity contribution < 1.29 is 9.53 Å². The summed E-state index contributed by atoms with van der Waals surface area (Å²) in [6, 6.07) is 0. The molecule has 0 unspecified atom stereocenters. The van der Waals surface area contributed by atoms with Crippen LogP contribution in [-0.4, -0.2) is 31.1 Å². The summed E-state index contributed by atoms with van der Waals surface area (Å²) >= 11 is 1.91. The second-order valence-corrected chi connectivity index (χ2v) is 4.21. The van der Waals surface area contributed by atoms with Crippen molar-refractivity contribution in [3.05, 3.63) is 0 Å². The molecule has 0 spiro atoms. The van der Waals surface area contributed by atoms with E-state index in [0.29, 0.717) is 6.42 Å². The second kappa shape index (κ2) is 10.8. The molecule has 0 radical (unpaired) electrons. The number of nitrogens with two attached hydrogens (primary N) is 1. The summed E-state index contributed by atoms with van der Waals surface area (Å²) in [4.78, 5) is 10.7. The van der Waals surface area contributed by atoms with Crippen LogP contribution in [0.1, 0.15) is 25.7 Å². The molecule has 0 heterocycles. The fourth-order valence-electron chi connectivity index (χ4n) is 0.969. The first-order valence-electron chi connectivity index (χ1n) is 4.87. The number of hydrazine groups is 1. The number of nitrogens with one attached hydrogen (secondary N) is 1. The molecule has 0 aliphatic carbocycles. The Morgan fingerprint density at radius 3 is 2.71 bits per heavy atom. The number of thioether (sulfide) groups is 1. The zero-order valence-corrected chi connectivity index (χ0v) is 9.57. The third-order valence-corrected chi connectivity index (χ3v) is 2.90. The number of methoxy groups -OCH3 is 1. The Balaban J connectivity index is 2.95. The minimum atomic E-state index is -0.0746. The molecule has 0 fully saturated rings. The molecule has 84 valence electrons. The minimum absolute atomic E-state index is 0.0746. The fraction of sp³-hybridized carbons (Fsp3) is 0.889. The highest BCUT2D eigenvalue weighted by molar-refractivity contribution is 7.99. The van der Waals surface area contributed by atoms with Gasteiger partial charge in [0, 0.05) is 20.1 Å². The number of unbranched alkanes of at least 4 members (excludes halogenated alkanes) is 1.